The summed E-state index contributed by atoms with van der Waals surface area (Å²) in [5.41, 5.74) is 0.859. The van der Waals surface area contributed by atoms with Crippen LogP contribution in [0.2, 0.25) is 0 Å². The number of fused-ring (bicyclic) bond motifs is 3. The lowest BCUT2D eigenvalue weighted by Crippen LogP contribution is -2.59. The highest BCUT2D eigenvalue weighted by Gasteiger charge is 2.65. The average Bonchev–Trinajstić information content (AvgIpc) is 3.05. The Morgan fingerprint density at radius 1 is 1.11 bits per heavy atom. The van der Waals surface area contributed by atoms with Crippen LogP contribution in [0.3, 0.4) is 0 Å². The van der Waals surface area contributed by atoms with Crippen molar-refractivity contribution in [2.75, 3.05) is 6.61 Å². The van der Waals surface area contributed by atoms with Crippen molar-refractivity contribution in [3.8, 4) is 0 Å². The van der Waals surface area contributed by atoms with Gasteiger partial charge in [-0.1, -0.05) is 56.7 Å². The highest BCUT2D eigenvalue weighted by Crippen LogP contribution is 2.69. The van der Waals surface area contributed by atoms with Gasteiger partial charge in [0.15, 0.2) is 5.78 Å². The molecule has 3 fully saturated rings. The van der Waals surface area contributed by atoms with Crippen LogP contribution in [0.15, 0.2) is 47.1 Å². The number of ketones is 1. The Morgan fingerprint density at radius 2 is 1.77 bits per heavy atom. The van der Waals surface area contributed by atoms with Gasteiger partial charge >= 0.3 is 0 Å². The molecule has 0 aromatic carbocycles. The van der Waals surface area contributed by atoms with E-state index in [9.17, 15) is 25.2 Å². The van der Waals surface area contributed by atoms with Crippen LogP contribution in [0.25, 0.3) is 0 Å². The van der Waals surface area contributed by atoms with Gasteiger partial charge in [0, 0.05) is 22.8 Å². The molecule has 0 heterocycles. The molecule has 5 heteroatoms. The van der Waals surface area contributed by atoms with E-state index in [0.717, 1.165) is 36.0 Å². The first-order valence-corrected chi connectivity index (χ1v) is 13.1. The summed E-state index contributed by atoms with van der Waals surface area (Å²) < 4.78 is 0. The number of rotatable bonds is 6. The van der Waals surface area contributed by atoms with Crippen molar-refractivity contribution in [2.24, 2.45) is 28.1 Å². The maximum absolute atomic E-state index is 13.4. The summed E-state index contributed by atoms with van der Waals surface area (Å²) >= 11 is 0. The first-order valence-electron chi connectivity index (χ1n) is 13.1. The molecule has 7 atom stereocenters. The monoisotopic (exact) mass is 486 g/mol. The summed E-state index contributed by atoms with van der Waals surface area (Å²) in [6, 6.07) is 0. The molecule has 5 nitrogen and oxygen atoms in total. The van der Waals surface area contributed by atoms with Gasteiger partial charge in [0.05, 0.1) is 18.3 Å². The summed E-state index contributed by atoms with van der Waals surface area (Å²) in [5.74, 6) is 0.634. The van der Waals surface area contributed by atoms with E-state index in [4.69, 9.17) is 0 Å². The lowest BCUT2D eigenvalue weighted by molar-refractivity contribution is -0.178. The lowest BCUT2D eigenvalue weighted by atomic mass is 9.43. The van der Waals surface area contributed by atoms with E-state index in [0.29, 0.717) is 12.8 Å². The summed E-state index contributed by atoms with van der Waals surface area (Å²) in [6.07, 6.45) is 11.7. The van der Waals surface area contributed by atoms with Crippen LogP contribution < -0.4 is 0 Å². The van der Waals surface area contributed by atoms with E-state index in [2.05, 4.69) is 13.8 Å². The van der Waals surface area contributed by atoms with Gasteiger partial charge in [-0.15, -0.1) is 0 Å². The molecule has 0 unspecified atom stereocenters. The quantitative estimate of drug-likeness (QED) is 0.323. The van der Waals surface area contributed by atoms with Gasteiger partial charge in [-0.2, -0.15) is 0 Å². The number of Topliss-reactive ketones (excluding diaryl/α,β-unsaturated/α-hetero) is 1. The molecule has 3 rings (SSSR count). The van der Waals surface area contributed by atoms with E-state index in [-0.39, 0.29) is 35.1 Å². The third kappa shape index (κ3) is 4.90. The van der Waals surface area contributed by atoms with E-state index in [1.54, 1.807) is 26.0 Å². The Hall–Kier alpha value is -1.53. The molecule has 35 heavy (non-hydrogen) atoms. The minimum Gasteiger partial charge on any atom is -0.396 e. The predicted octanol–water partition coefficient (Wildman–Crippen LogP) is 4.66. The van der Waals surface area contributed by atoms with E-state index >= 15 is 0 Å². The second-order valence-corrected chi connectivity index (χ2v) is 12.7. The second kappa shape index (κ2) is 9.74. The molecule has 4 N–H and O–H groups in total. The average molecular weight is 487 g/mol. The molecule has 0 radical (unpaired) electrons. The van der Waals surface area contributed by atoms with Crippen LogP contribution in [0.4, 0.5) is 0 Å². The van der Waals surface area contributed by atoms with Crippen molar-refractivity contribution in [1.29, 1.82) is 0 Å². The third-order valence-electron chi connectivity index (χ3n) is 9.77. The molecule has 0 spiro atoms. The van der Waals surface area contributed by atoms with E-state index < -0.39 is 23.2 Å². The lowest BCUT2D eigenvalue weighted by Gasteiger charge is -2.62. The molecular formula is C30H46O5. The first-order chi connectivity index (χ1) is 16.1. The number of carbonyl (C=O) groups is 1. The number of hydrogen-bond acceptors (Lipinski definition) is 5. The zero-order valence-electron chi connectivity index (χ0n) is 22.6. The zero-order chi connectivity index (χ0) is 26.4. The molecule has 0 saturated heterocycles. The van der Waals surface area contributed by atoms with Crippen molar-refractivity contribution in [1.82, 2.24) is 0 Å². The summed E-state index contributed by atoms with van der Waals surface area (Å²) in [5, 5.41) is 40.8. The fourth-order valence-corrected chi connectivity index (χ4v) is 7.57. The Bertz CT molecular complexity index is 950. The highest BCUT2D eigenvalue weighted by atomic mass is 16.3. The van der Waals surface area contributed by atoms with Crippen LogP contribution >= 0.6 is 0 Å². The standard InChI is InChI=1S/C30H46O5/c1-19(11-12-24(33)27(3,4)35)9-8-10-20(2)26-21(32)17-23-28(5)16-14-25(34)30(7,18-31)22(28)13-15-29(23,26)6/h8-12,22-25,31,33-35H,13-18H2,1-7H3/b10-8+,12-11+,19-9+,26-20?/t22-,23+,24+,25+,28+,29+,30-/m1/s1. The van der Waals surface area contributed by atoms with Crippen molar-refractivity contribution in [3.05, 3.63) is 47.1 Å². The minimum absolute atomic E-state index is 0.0246. The normalized spacial score (nSPS) is 40.8. The molecule has 0 aromatic heterocycles. The topological polar surface area (TPSA) is 98.0 Å². The number of aliphatic hydroxyl groups is 4. The van der Waals surface area contributed by atoms with Crippen molar-refractivity contribution in [3.63, 3.8) is 0 Å². The second-order valence-electron chi connectivity index (χ2n) is 12.7. The number of hydrogen-bond donors (Lipinski definition) is 4. The molecular weight excluding hydrogens is 440 g/mol. The Morgan fingerprint density at radius 3 is 2.37 bits per heavy atom. The molecule has 3 aliphatic carbocycles. The van der Waals surface area contributed by atoms with Crippen LogP contribution in [-0.4, -0.2) is 50.6 Å². The van der Waals surface area contributed by atoms with Gasteiger partial charge in [0.25, 0.3) is 0 Å². The minimum atomic E-state index is -1.19. The van der Waals surface area contributed by atoms with Crippen molar-refractivity contribution in [2.45, 2.75) is 98.4 Å². The van der Waals surface area contributed by atoms with Crippen molar-refractivity contribution >= 4 is 5.78 Å². The molecule has 3 aliphatic rings. The van der Waals surface area contributed by atoms with Crippen LogP contribution in [0.5, 0.6) is 0 Å². The van der Waals surface area contributed by atoms with Crippen LogP contribution in [0.1, 0.15) is 80.6 Å². The Balaban J connectivity index is 1.87. The van der Waals surface area contributed by atoms with Gasteiger partial charge in [-0.25, -0.2) is 0 Å². The summed E-state index contributed by atoms with van der Waals surface area (Å²) in [7, 11) is 0. The van der Waals surface area contributed by atoms with Gasteiger partial charge in [0.2, 0.25) is 0 Å². The van der Waals surface area contributed by atoms with Gasteiger partial charge < -0.3 is 20.4 Å². The fraction of sp³-hybridized carbons (Fsp3) is 0.700. The highest BCUT2D eigenvalue weighted by molar-refractivity contribution is 6.00. The van der Waals surface area contributed by atoms with Crippen LogP contribution in [-0.2, 0) is 4.79 Å². The Labute approximate surface area is 211 Å². The molecule has 196 valence electrons. The van der Waals surface area contributed by atoms with Gasteiger partial charge in [0.1, 0.15) is 6.10 Å². The third-order valence-corrected chi connectivity index (χ3v) is 9.77. The number of allylic oxidation sites excluding steroid dienone is 7. The maximum Gasteiger partial charge on any atom is 0.160 e. The largest absolute Gasteiger partial charge is 0.396 e. The van der Waals surface area contributed by atoms with Crippen LogP contribution in [0, 0.1) is 28.1 Å². The smallest absolute Gasteiger partial charge is 0.160 e. The molecule has 0 bridgehead atoms. The molecule has 3 saturated carbocycles. The van der Waals surface area contributed by atoms with E-state index in [1.165, 1.54) is 0 Å². The van der Waals surface area contributed by atoms with Gasteiger partial charge in [-0.05, 0) is 76.2 Å². The molecule has 0 aromatic rings. The Kier molecular flexibility index (Phi) is 7.80. The SMILES string of the molecule is CC(/C=C/C=C(C)/C=C/[C@H](O)C(C)(C)O)=C1C(=O)C[C@H]2[C@@]3(C)CC[C@H](O)[C@](C)(CO)[C@@H]3CC[C@]12C. The zero-order valence-corrected chi connectivity index (χ0v) is 22.6. The fourth-order valence-electron chi connectivity index (χ4n) is 7.57. The first kappa shape index (κ1) is 28.0. The van der Waals surface area contributed by atoms with E-state index in [1.807, 2.05) is 39.0 Å². The number of aliphatic hydroxyl groups excluding tert-OH is 3. The predicted molar refractivity (Wildman–Crippen MR) is 140 cm³/mol. The van der Waals surface area contributed by atoms with Crippen molar-refractivity contribution < 1.29 is 25.2 Å². The molecule has 0 aliphatic heterocycles. The summed E-state index contributed by atoms with van der Waals surface area (Å²) in [6.45, 7) is 13.6. The molecule has 0 amide bonds. The maximum atomic E-state index is 13.4. The van der Waals surface area contributed by atoms with Gasteiger partial charge in [-0.3, -0.25) is 4.79 Å². The summed E-state index contributed by atoms with van der Waals surface area (Å²) in [4.78, 5) is 13.4. The number of carbonyl (C=O) groups excluding carboxylic acids is 1.